The number of benzene rings is 4. The molecule has 0 aliphatic rings. The second-order valence-electron chi connectivity index (χ2n) is 15.9. The molecule has 4 aromatic carbocycles. The zero-order valence-corrected chi connectivity index (χ0v) is 51.9. The number of H-pyrrole nitrogens is 2. The Balaban J connectivity index is -0.000000268. The predicted octanol–water partition coefficient (Wildman–Crippen LogP) is 11.6. The molecule has 0 amide bonds. The number of carboxylic acid groups (broad SMARTS) is 1. The van der Waals surface area contributed by atoms with Crippen molar-refractivity contribution in [1.29, 1.82) is 0 Å². The topological polar surface area (TPSA) is 262 Å². The Labute approximate surface area is 489 Å². The van der Waals surface area contributed by atoms with Crippen LogP contribution in [-0.4, -0.2) is 98.4 Å². The molecule has 0 aliphatic heterocycles. The summed E-state index contributed by atoms with van der Waals surface area (Å²) in [6, 6.07) is 30.8. The Morgan fingerprint density at radius 2 is 1.04 bits per heavy atom. The van der Waals surface area contributed by atoms with Gasteiger partial charge in [-0.1, -0.05) is 138 Å². The van der Waals surface area contributed by atoms with E-state index in [1.165, 1.54) is 32.5 Å². The zero-order chi connectivity index (χ0) is 50.9. The molecule has 2 heterocycles. The van der Waals surface area contributed by atoms with Crippen molar-refractivity contribution in [3.05, 3.63) is 168 Å². The summed E-state index contributed by atoms with van der Waals surface area (Å²) in [5.41, 5.74) is 25.0. The summed E-state index contributed by atoms with van der Waals surface area (Å²) < 4.78 is 13.4. The molecule has 6 aromatic rings. The van der Waals surface area contributed by atoms with Gasteiger partial charge in [-0.05, 0) is 92.9 Å². The van der Waals surface area contributed by atoms with Gasteiger partial charge in [0.1, 0.15) is 29.9 Å². The maximum atomic E-state index is 11.4. The minimum Gasteiger partial charge on any atom is -0.477 e. The minimum absolute atomic E-state index is 0. The molecule has 0 saturated carbocycles. The van der Waals surface area contributed by atoms with Crippen LogP contribution in [0.1, 0.15) is 138 Å². The number of carbonyl (C=O) groups excluding carboxylic acids is 4. The molecular weight excluding hydrogens is 1370 g/mol. The van der Waals surface area contributed by atoms with Gasteiger partial charge in [0.2, 0.25) is 0 Å². The number of carbonyl (C=O) groups is 5. The third kappa shape index (κ3) is 24.6. The van der Waals surface area contributed by atoms with Crippen LogP contribution >= 0.6 is 0 Å². The van der Waals surface area contributed by atoms with Gasteiger partial charge in [-0.3, -0.25) is 9.59 Å². The van der Waals surface area contributed by atoms with E-state index in [1.807, 2.05) is 84.9 Å². The molecule has 23 heteroatoms. The quantitative estimate of drug-likeness (QED) is 0.0153. The monoisotopic (exact) mass is 1430 g/mol. The van der Waals surface area contributed by atoms with Crippen LogP contribution in [0.5, 0.6) is 0 Å². The Bertz CT molecular complexity index is 2810. The van der Waals surface area contributed by atoms with Gasteiger partial charge in [0.15, 0.2) is 0 Å². The fraction of sp³-hybridized carbons (Fsp3) is 0.314. The van der Waals surface area contributed by atoms with E-state index < -0.39 is 17.9 Å². The Morgan fingerprint density at radius 3 is 1.42 bits per heavy atom. The summed E-state index contributed by atoms with van der Waals surface area (Å²) >= 11 is 0. The number of nitrogens with one attached hydrogen (secondary N) is 2. The molecule has 0 spiro atoms. The van der Waals surface area contributed by atoms with Gasteiger partial charge in [-0.15, -0.1) is 0 Å². The Kier molecular flexibility index (Phi) is 42.5. The van der Waals surface area contributed by atoms with E-state index in [2.05, 4.69) is 101 Å². The number of fused-ring (bicyclic) bond motifs is 2. The normalized spacial score (nSPS) is 9.58. The Morgan fingerprint density at radius 1 is 0.622 bits per heavy atom. The number of aromatic amines is 2. The van der Waals surface area contributed by atoms with Crippen LogP contribution in [0.2, 0.25) is 0 Å². The molecule has 0 fully saturated rings. The van der Waals surface area contributed by atoms with Crippen LogP contribution < -0.4 is 0 Å². The van der Waals surface area contributed by atoms with Crippen LogP contribution in [0.25, 0.3) is 48.8 Å². The molecule has 0 atom stereocenters. The SMILES string of the molecule is CC(C)c1cccc2[nH]c(C(=O)O)cc12.CC(C)c1ccccc1C=O.COC(=O)/C(=C/c1ccccc1C(C)C)N=[N+]=[N-].COC(=O)CN=[N+]=[N-].COC(=O)c1cc2c(C(C)C)cccc2[nH]1.[B].[B].[B].[U].[V].[W]. The summed E-state index contributed by atoms with van der Waals surface area (Å²) in [7, 11) is 3.86. The third-order valence-electron chi connectivity index (χ3n) is 9.97. The first-order chi connectivity index (χ1) is 32.4. The van der Waals surface area contributed by atoms with Gasteiger partial charge in [-0.25, -0.2) is 14.4 Å². The number of azide groups is 2. The molecule has 0 aliphatic carbocycles. The van der Waals surface area contributed by atoms with Gasteiger partial charge < -0.3 is 29.3 Å². The second kappa shape index (κ2) is 40.7. The number of aromatic nitrogens is 2. The van der Waals surface area contributed by atoms with E-state index >= 15 is 0 Å². The number of hydrogen-bond donors (Lipinski definition) is 3. The number of methoxy groups -OCH3 is 3. The zero-order valence-electron chi connectivity index (χ0n) is 43.4. The van der Waals surface area contributed by atoms with Gasteiger partial charge in [0.25, 0.3) is 0 Å². The first-order valence-electron chi connectivity index (χ1n) is 21.5. The van der Waals surface area contributed by atoms with Crippen molar-refractivity contribution in [2.45, 2.75) is 79.1 Å². The molecule has 74 heavy (non-hydrogen) atoms. The molecule has 0 unspecified atom stereocenters. The van der Waals surface area contributed by atoms with Crippen LogP contribution in [0.4, 0.5) is 0 Å². The first kappa shape index (κ1) is 77.3. The van der Waals surface area contributed by atoms with Crippen molar-refractivity contribution in [3.63, 3.8) is 0 Å². The summed E-state index contributed by atoms with van der Waals surface area (Å²) in [4.78, 5) is 65.2. The van der Waals surface area contributed by atoms with Gasteiger partial charge in [0, 0.05) is 133 Å². The summed E-state index contributed by atoms with van der Waals surface area (Å²) in [5.74, 6) is -0.851. The van der Waals surface area contributed by atoms with Crippen LogP contribution in [-0.2, 0) is 63.4 Å². The summed E-state index contributed by atoms with van der Waals surface area (Å²) in [5, 5.41) is 17.3. The Hall–Kier alpha value is -5.61. The molecular formula is C51H60B3N8O9UVW. The molecule has 2 aromatic heterocycles. The van der Waals surface area contributed by atoms with Crippen molar-refractivity contribution in [3.8, 4) is 0 Å². The van der Waals surface area contributed by atoms with Crippen molar-refractivity contribution in [2.75, 3.05) is 27.9 Å². The van der Waals surface area contributed by atoms with E-state index in [1.54, 1.807) is 12.1 Å². The molecule has 17 nitrogen and oxygen atoms in total. The average Bonchev–Trinajstić information content (AvgIpc) is 3.99. The largest absolute Gasteiger partial charge is 0.477 e. The molecule has 3 N–H and O–H groups in total. The summed E-state index contributed by atoms with van der Waals surface area (Å²) in [6.45, 7) is 16.5. The van der Waals surface area contributed by atoms with Gasteiger partial charge in [0.05, 0.1) is 21.3 Å². The number of aldehydes is 1. The molecule has 382 valence electrons. The smallest absolute Gasteiger partial charge is 0.354 e. The van der Waals surface area contributed by atoms with Crippen LogP contribution in [0.15, 0.2) is 113 Å². The maximum Gasteiger partial charge on any atom is 0.354 e. The van der Waals surface area contributed by atoms with E-state index in [0.29, 0.717) is 29.4 Å². The van der Waals surface area contributed by atoms with Gasteiger partial charge in [-0.2, -0.15) is 0 Å². The molecule has 0 bridgehead atoms. The fourth-order valence-electron chi connectivity index (χ4n) is 6.59. The number of esters is 3. The number of hydrogen-bond acceptors (Lipinski definition) is 10. The number of nitrogens with zero attached hydrogens (tertiary/aromatic N) is 6. The van der Waals surface area contributed by atoms with Crippen molar-refractivity contribution < 1.29 is 114 Å². The maximum absolute atomic E-state index is 11.4. The van der Waals surface area contributed by atoms with Gasteiger partial charge >= 0.3 is 23.9 Å². The number of rotatable bonds is 12. The third-order valence-corrected chi connectivity index (χ3v) is 9.97. The van der Waals surface area contributed by atoms with E-state index in [9.17, 15) is 24.0 Å². The van der Waals surface area contributed by atoms with Crippen molar-refractivity contribution in [2.24, 2.45) is 10.2 Å². The number of carboxylic acids is 1. The molecule has 0 saturated heterocycles. The van der Waals surface area contributed by atoms with E-state index in [0.717, 1.165) is 50.3 Å². The van der Waals surface area contributed by atoms with Crippen molar-refractivity contribution in [1.82, 2.24) is 9.97 Å². The summed E-state index contributed by atoms with van der Waals surface area (Å²) in [6.07, 6.45) is 2.45. The van der Waals surface area contributed by atoms with Crippen LogP contribution in [0, 0.1) is 31.1 Å². The standard InChI is InChI=1S/C13H15N3O2.C13H15NO2.C12H13NO2.C10H12O.C3H5N3O2.3B.U.V.W/c1-9(2)11-7-5-4-6-10(11)8-12(15-16-14)13(17)18-3;1-8(2)9-5-4-6-11-10(9)7-12(14-11)13(15)16-3;1-7(2)8-4-3-5-10-9(8)6-11(13-10)12(14)15;1-8(2)10-6-4-3-5-9(10)7-11;1-8-3(7)2-5-6-4;;;;;;/h4-9H,1-3H3;4-8,14H,1-3H3;3-7,13H,1-2H3,(H,14,15);3-8H,1-2H3;2H2,1H3;;;;;;/b12-8-;;;;;;;;;;. The van der Waals surface area contributed by atoms with Crippen LogP contribution in [0.3, 0.4) is 0 Å². The molecule has 6 rings (SSSR count). The average molecular weight is 1430 g/mol. The number of aromatic carboxylic acids is 1. The molecule has 10 radical (unpaired) electrons. The fourth-order valence-corrected chi connectivity index (χ4v) is 6.59. The van der Waals surface area contributed by atoms with E-state index in [-0.39, 0.29) is 120 Å². The first-order valence-corrected chi connectivity index (χ1v) is 21.5. The predicted molar refractivity (Wildman–Crippen MR) is 282 cm³/mol. The minimum atomic E-state index is -0.916. The number of ether oxygens (including phenoxy) is 3. The second-order valence-corrected chi connectivity index (χ2v) is 15.9. The van der Waals surface area contributed by atoms with E-state index in [4.69, 9.17) is 20.9 Å². The van der Waals surface area contributed by atoms with Crippen molar-refractivity contribution >= 4 is 83.3 Å².